The maximum atomic E-state index is 13.6. The lowest BCUT2D eigenvalue weighted by Gasteiger charge is -2.33. The Morgan fingerprint density at radius 2 is 1.80 bits per heavy atom. The van der Waals surface area contributed by atoms with E-state index in [1.165, 1.54) is 6.42 Å². The summed E-state index contributed by atoms with van der Waals surface area (Å²) in [5, 5.41) is 8.45. The average Bonchev–Trinajstić information content (AvgIpc) is 3.15. The number of likely N-dealkylation sites (tertiary alicyclic amines) is 1. The summed E-state index contributed by atoms with van der Waals surface area (Å²) in [6.45, 7) is 4.28. The van der Waals surface area contributed by atoms with Crippen molar-refractivity contribution < 1.29 is 9.59 Å². The predicted molar refractivity (Wildman–Crippen MR) is 123 cm³/mol. The number of benzene rings is 2. The molecule has 2 N–H and O–H groups in total. The molecule has 162 valence electrons. The Morgan fingerprint density at radius 3 is 2.60 bits per heavy atom. The van der Waals surface area contributed by atoms with E-state index >= 15 is 0 Å². The van der Waals surface area contributed by atoms with Crippen LogP contribution in [-0.2, 0) is 4.79 Å². The minimum atomic E-state index is -0.358. The first kappa shape index (κ1) is 22.6. The Kier molecular flexibility index (Phi) is 7.73. The van der Waals surface area contributed by atoms with Gasteiger partial charge in [0.25, 0.3) is 5.91 Å². The lowest BCUT2D eigenvalue weighted by Crippen LogP contribution is -2.50. The van der Waals surface area contributed by atoms with Crippen LogP contribution in [0.1, 0.15) is 49.4 Å². The highest BCUT2D eigenvalue weighted by atomic mass is 35.5. The second kappa shape index (κ2) is 10.3. The van der Waals surface area contributed by atoms with E-state index in [0.717, 1.165) is 49.5 Å². The van der Waals surface area contributed by atoms with Gasteiger partial charge >= 0.3 is 0 Å². The number of rotatable bonds is 6. The topological polar surface area (TPSA) is 61.4 Å². The maximum absolute atomic E-state index is 13.6. The van der Waals surface area contributed by atoms with Gasteiger partial charge in [-0.05, 0) is 54.6 Å². The molecule has 1 saturated carbocycles. The Labute approximate surface area is 185 Å². The Bertz CT molecular complexity index is 888. The molecule has 1 heterocycles. The van der Waals surface area contributed by atoms with Crippen molar-refractivity contribution in [2.45, 2.75) is 51.1 Å². The molecule has 1 aliphatic heterocycles. The van der Waals surface area contributed by atoms with Crippen molar-refractivity contribution in [2.75, 3.05) is 19.6 Å². The third kappa shape index (κ3) is 4.62. The Balaban J connectivity index is 0.00000256. The van der Waals surface area contributed by atoms with E-state index in [9.17, 15) is 9.59 Å². The molecule has 2 aromatic rings. The fraction of sp³-hybridized carbons (Fsp3) is 0.500. The number of nitrogens with one attached hydrogen (secondary N) is 2. The van der Waals surface area contributed by atoms with Crippen LogP contribution in [0.5, 0.6) is 0 Å². The van der Waals surface area contributed by atoms with Crippen LogP contribution in [0.2, 0.25) is 0 Å². The molecule has 30 heavy (non-hydrogen) atoms. The van der Waals surface area contributed by atoms with E-state index in [0.29, 0.717) is 18.0 Å². The number of hydrogen-bond acceptors (Lipinski definition) is 3. The minimum absolute atomic E-state index is 0. The molecule has 5 nitrogen and oxygen atoms in total. The molecule has 0 spiro atoms. The molecule has 3 atom stereocenters. The Hall–Kier alpha value is -2.11. The fourth-order valence-corrected chi connectivity index (χ4v) is 5.03. The summed E-state index contributed by atoms with van der Waals surface area (Å²) in [6.07, 6.45) is 5.25. The smallest absolute Gasteiger partial charge is 0.254 e. The van der Waals surface area contributed by atoms with E-state index in [-0.39, 0.29) is 36.3 Å². The lowest BCUT2D eigenvalue weighted by atomic mass is 9.84. The van der Waals surface area contributed by atoms with Crippen molar-refractivity contribution in [3.05, 3.63) is 48.0 Å². The van der Waals surface area contributed by atoms with Gasteiger partial charge in [0.05, 0.1) is 0 Å². The third-order valence-electron chi connectivity index (χ3n) is 6.47. The van der Waals surface area contributed by atoms with Crippen molar-refractivity contribution in [3.63, 3.8) is 0 Å². The number of carbonyl (C=O) groups is 2. The highest BCUT2D eigenvalue weighted by Crippen LogP contribution is 2.40. The molecule has 1 aliphatic carbocycles. The van der Waals surface area contributed by atoms with Crippen molar-refractivity contribution in [2.24, 2.45) is 5.92 Å². The number of likely N-dealkylation sites (N-methyl/N-ethyl adjacent to an activating group) is 1. The first-order chi connectivity index (χ1) is 14.2. The highest BCUT2D eigenvalue weighted by molar-refractivity contribution is 6.01. The summed E-state index contributed by atoms with van der Waals surface area (Å²) in [5.74, 6) is 0.432. The van der Waals surface area contributed by atoms with Crippen molar-refractivity contribution in [1.82, 2.24) is 15.5 Å². The summed E-state index contributed by atoms with van der Waals surface area (Å²) in [5.41, 5.74) is 0.681. The average molecular weight is 430 g/mol. The first-order valence-corrected chi connectivity index (χ1v) is 11.0. The van der Waals surface area contributed by atoms with Gasteiger partial charge in [0.15, 0.2) is 0 Å². The molecule has 3 unspecified atom stereocenters. The molecular weight excluding hydrogens is 398 g/mol. The van der Waals surface area contributed by atoms with Crippen LogP contribution in [-0.4, -0.2) is 48.4 Å². The summed E-state index contributed by atoms with van der Waals surface area (Å²) in [6, 6.07) is 13.8. The third-order valence-corrected chi connectivity index (χ3v) is 6.47. The van der Waals surface area contributed by atoms with Gasteiger partial charge in [-0.25, -0.2) is 0 Å². The van der Waals surface area contributed by atoms with Crippen molar-refractivity contribution in [1.29, 1.82) is 0 Å². The van der Waals surface area contributed by atoms with Gasteiger partial charge in [-0.3, -0.25) is 9.59 Å². The molecule has 6 heteroatoms. The maximum Gasteiger partial charge on any atom is 0.254 e. The van der Waals surface area contributed by atoms with Gasteiger partial charge in [0, 0.05) is 24.7 Å². The standard InChI is InChI=1S/C24H31N3O2.ClH/c1-2-25-13-14-26-23(28)22-16-19-9-5-6-10-21(19)27(22)24(29)20-12-11-17-7-3-4-8-18(17)15-20;/h3-4,7-8,11-12,15,19,21-22,25H,2,5-6,9-10,13-14,16H2,1H3,(H,26,28);1H. The molecule has 4 rings (SSSR count). The van der Waals surface area contributed by atoms with Crippen LogP contribution in [0.4, 0.5) is 0 Å². The van der Waals surface area contributed by atoms with Gasteiger partial charge in [-0.15, -0.1) is 12.4 Å². The van der Waals surface area contributed by atoms with Crippen molar-refractivity contribution in [3.8, 4) is 0 Å². The monoisotopic (exact) mass is 429 g/mol. The van der Waals surface area contributed by atoms with Gasteiger partial charge in [0.1, 0.15) is 6.04 Å². The minimum Gasteiger partial charge on any atom is -0.353 e. The number of halogens is 1. The van der Waals surface area contributed by atoms with Crippen LogP contribution in [0, 0.1) is 5.92 Å². The highest BCUT2D eigenvalue weighted by Gasteiger charge is 2.47. The zero-order valence-corrected chi connectivity index (χ0v) is 18.4. The summed E-state index contributed by atoms with van der Waals surface area (Å²) < 4.78 is 0. The van der Waals surface area contributed by atoms with Crippen LogP contribution in [0.15, 0.2) is 42.5 Å². The number of hydrogen-bond donors (Lipinski definition) is 2. The lowest BCUT2D eigenvalue weighted by molar-refractivity contribution is -0.125. The Morgan fingerprint density at radius 1 is 1.03 bits per heavy atom. The van der Waals surface area contributed by atoms with E-state index in [2.05, 4.69) is 16.7 Å². The zero-order valence-electron chi connectivity index (χ0n) is 17.6. The first-order valence-electron chi connectivity index (χ1n) is 11.0. The molecule has 0 bridgehead atoms. The second-order valence-electron chi connectivity index (χ2n) is 8.28. The van der Waals surface area contributed by atoms with Gasteiger partial charge in [-0.1, -0.05) is 50.1 Å². The second-order valence-corrected chi connectivity index (χ2v) is 8.28. The van der Waals surface area contributed by atoms with E-state index in [4.69, 9.17) is 0 Å². The summed E-state index contributed by atoms with van der Waals surface area (Å²) in [4.78, 5) is 28.5. The molecule has 2 aliphatic rings. The number of amides is 2. The summed E-state index contributed by atoms with van der Waals surface area (Å²) >= 11 is 0. The molecular formula is C24H32ClN3O2. The van der Waals surface area contributed by atoms with E-state index < -0.39 is 0 Å². The fourth-order valence-electron chi connectivity index (χ4n) is 5.03. The molecule has 2 fully saturated rings. The predicted octanol–water partition coefficient (Wildman–Crippen LogP) is 3.76. The van der Waals surface area contributed by atoms with Crippen LogP contribution >= 0.6 is 12.4 Å². The molecule has 2 amide bonds. The van der Waals surface area contributed by atoms with E-state index in [1.807, 2.05) is 48.2 Å². The van der Waals surface area contributed by atoms with Gasteiger partial charge in [0.2, 0.25) is 5.91 Å². The summed E-state index contributed by atoms with van der Waals surface area (Å²) in [7, 11) is 0. The normalized spacial score (nSPS) is 23.0. The molecule has 0 aromatic heterocycles. The van der Waals surface area contributed by atoms with Crippen LogP contribution in [0.25, 0.3) is 10.8 Å². The zero-order chi connectivity index (χ0) is 20.2. The van der Waals surface area contributed by atoms with Gasteiger partial charge < -0.3 is 15.5 Å². The quantitative estimate of drug-likeness (QED) is 0.687. The largest absolute Gasteiger partial charge is 0.353 e. The van der Waals surface area contributed by atoms with E-state index in [1.54, 1.807) is 0 Å². The van der Waals surface area contributed by atoms with Crippen LogP contribution in [0.3, 0.4) is 0 Å². The van der Waals surface area contributed by atoms with Crippen LogP contribution < -0.4 is 10.6 Å². The number of nitrogens with zero attached hydrogens (tertiary/aromatic N) is 1. The molecule has 0 radical (unpaired) electrons. The molecule has 2 aromatic carbocycles. The SMILES string of the molecule is CCNCCNC(=O)C1CC2CCCCC2N1C(=O)c1ccc2ccccc2c1.Cl. The number of fused-ring (bicyclic) bond motifs is 2. The molecule has 1 saturated heterocycles. The van der Waals surface area contributed by atoms with Gasteiger partial charge in [-0.2, -0.15) is 0 Å². The van der Waals surface area contributed by atoms with Crippen molar-refractivity contribution >= 4 is 35.0 Å². The number of carbonyl (C=O) groups excluding carboxylic acids is 2.